The molecule has 1 aromatic carbocycles. The van der Waals surface area contributed by atoms with Gasteiger partial charge in [0.25, 0.3) is 0 Å². The van der Waals surface area contributed by atoms with Crippen LogP contribution in [0.2, 0.25) is 0 Å². The smallest absolute Gasteiger partial charge is 0.231 e. The van der Waals surface area contributed by atoms with Crippen molar-refractivity contribution >= 4 is 27.5 Å². The maximum absolute atomic E-state index is 11.7. The summed E-state index contributed by atoms with van der Waals surface area (Å²) in [7, 11) is 1.84. The molecular weight excluding hydrogens is 290 g/mol. The molecule has 0 aromatic heterocycles. The number of amides is 1. The van der Waals surface area contributed by atoms with Gasteiger partial charge < -0.3 is 4.90 Å². The Hall–Kier alpha value is -0.830. The van der Waals surface area contributed by atoms with Gasteiger partial charge in [0, 0.05) is 17.6 Å². The average Bonchev–Trinajstić information content (AvgIpc) is 2.52. The molecule has 98 valence electrons. The molecule has 1 aliphatic rings. The molecule has 0 N–H and O–H groups in total. The van der Waals surface area contributed by atoms with Crippen LogP contribution in [0.1, 0.15) is 43.1 Å². The van der Waals surface area contributed by atoms with Gasteiger partial charge in [-0.15, -0.1) is 0 Å². The first kappa shape index (κ1) is 13.6. The van der Waals surface area contributed by atoms with E-state index in [0.717, 1.165) is 17.7 Å². The van der Waals surface area contributed by atoms with Gasteiger partial charge in [-0.3, -0.25) is 4.79 Å². The SMILES string of the molecule is CN1C(=O)Cc2cc(C(Br)CC(C)(C)C)ccc21. The normalized spacial score (nSPS) is 16.9. The van der Waals surface area contributed by atoms with Gasteiger partial charge in [0.15, 0.2) is 0 Å². The molecule has 1 heterocycles. The topological polar surface area (TPSA) is 20.3 Å². The largest absolute Gasteiger partial charge is 0.315 e. The molecule has 0 aliphatic carbocycles. The molecule has 1 amide bonds. The quantitative estimate of drug-likeness (QED) is 0.754. The highest BCUT2D eigenvalue weighted by atomic mass is 79.9. The number of alkyl halides is 1. The van der Waals surface area contributed by atoms with Gasteiger partial charge in [-0.25, -0.2) is 0 Å². The van der Waals surface area contributed by atoms with Gasteiger partial charge in [0.1, 0.15) is 0 Å². The van der Waals surface area contributed by atoms with Crippen molar-refractivity contribution in [3.05, 3.63) is 29.3 Å². The summed E-state index contributed by atoms with van der Waals surface area (Å²) in [6.07, 6.45) is 1.62. The lowest BCUT2D eigenvalue weighted by atomic mass is 9.88. The summed E-state index contributed by atoms with van der Waals surface area (Å²) in [5, 5.41) is 0. The Morgan fingerprint density at radius 2 is 2.06 bits per heavy atom. The summed E-state index contributed by atoms with van der Waals surface area (Å²) in [5.74, 6) is 0.184. The highest BCUT2D eigenvalue weighted by Crippen LogP contribution is 2.38. The Kier molecular flexibility index (Phi) is 3.54. The second kappa shape index (κ2) is 4.69. The van der Waals surface area contributed by atoms with Crippen LogP contribution >= 0.6 is 15.9 Å². The second-order valence-corrected chi connectivity index (χ2v) is 7.36. The van der Waals surface area contributed by atoms with Crippen molar-refractivity contribution in [2.75, 3.05) is 11.9 Å². The third kappa shape index (κ3) is 2.77. The van der Waals surface area contributed by atoms with Gasteiger partial charge in [-0.1, -0.05) is 48.8 Å². The minimum atomic E-state index is 0.184. The molecule has 1 aliphatic heterocycles. The average molecular weight is 310 g/mol. The van der Waals surface area contributed by atoms with Crippen molar-refractivity contribution in [3.63, 3.8) is 0 Å². The van der Waals surface area contributed by atoms with Crippen LogP contribution in [0.5, 0.6) is 0 Å². The summed E-state index contributed by atoms with van der Waals surface area (Å²) >= 11 is 3.76. The van der Waals surface area contributed by atoms with E-state index in [1.54, 1.807) is 4.90 Å². The fraction of sp³-hybridized carbons (Fsp3) is 0.533. The highest BCUT2D eigenvalue weighted by Gasteiger charge is 2.25. The molecule has 3 heteroatoms. The van der Waals surface area contributed by atoms with Crippen LogP contribution in [0.15, 0.2) is 18.2 Å². The lowest BCUT2D eigenvalue weighted by Crippen LogP contribution is -2.20. The molecule has 0 fully saturated rings. The number of carbonyl (C=O) groups excluding carboxylic acids is 1. The fourth-order valence-electron chi connectivity index (χ4n) is 2.34. The molecule has 2 rings (SSSR count). The van der Waals surface area contributed by atoms with E-state index >= 15 is 0 Å². The molecule has 1 unspecified atom stereocenters. The Morgan fingerprint density at radius 3 is 2.67 bits per heavy atom. The molecule has 0 saturated heterocycles. The number of benzene rings is 1. The zero-order valence-electron chi connectivity index (χ0n) is 11.5. The lowest BCUT2D eigenvalue weighted by Gasteiger charge is -2.22. The minimum Gasteiger partial charge on any atom is -0.315 e. The molecule has 0 bridgehead atoms. The number of hydrogen-bond donors (Lipinski definition) is 0. The number of nitrogens with zero attached hydrogens (tertiary/aromatic N) is 1. The molecule has 0 radical (unpaired) electrons. The lowest BCUT2D eigenvalue weighted by molar-refractivity contribution is -0.117. The summed E-state index contributed by atoms with van der Waals surface area (Å²) in [4.78, 5) is 13.7. The van der Waals surface area contributed by atoms with Crippen LogP contribution in [0.25, 0.3) is 0 Å². The van der Waals surface area contributed by atoms with E-state index in [0.29, 0.717) is 16.7 Å². The first-order chi connectivity index (χ1) is 8.28. The van der Waals surface area contributed by atoms with Gasteiger partial charge >= 0.3 is 0 Å². The second-order valence-electron chi connectivity index (χ2n) is 6.25. The fourth-order valence-corrected chi connectivity index (χ4v) is 3.60. The number of hydrogen-bond acceptors (Lipinski definition) is 1. The standard InChI is InChI=1S/C15H20BrNO/c1-15(2,3)9-12(16)10-5-6-13-11(7-10)8-14(18)17(13)4/h5-7,12H,8-9H2,1-4H3. The predicted molar refractivity (Wildman–Crippen MR) is 79.3 cm³/mol. The van der Waals surface area contributed by atoms with Crippen LogP contribution in [0, 0.1) is 5.41 Å². The van der Waals surface area contributed by atoms with Crippen LogP contribution in [0.4, 0.5) is 5.69 Å². The molecule has 18 heavy (non-hydrogen) atoms. The van der Waals surface area contributed by atoms with Crippen molar-refractivity contribution in [2.24, 2.45) is 5.41 Å². The number of likely N-dealkylation sites (N-methyl/N-ethyl adjacent to an activating group) is 1. The third-order valence-corrected chi connectivity index (χ3v) is 4.19. The summed E-state index contributed by atoms with van der Waals surface area (Å²) in [6, 6.07) is 6.35. The van der Waals surface area contributed by atoms with Crippen LogP contribution in [-0.2, 0) is 11.2 Å². The Balaban J connectivity index is 2.23. The van der Waals surface area contributed by atoms with Gasteiger partial charge in [0.2, 0.25) is 5.91 Å². The number of halogens is 1. The molecule has 1 atom stereocenters. The van der Waals surface area contributed by atoms with Crippen molar-refractivity contribution < 1.29 is 4.79 Å². The number of fused-ring (bicyclic) bond motifs is 1. The first-order valence-electron chi connectivity index (χ1n) is 6.31. The van der Waals surface area contributed by atoms with E-state index < -0.39 is 0 Å². The Morgan fingerprint density at radius 1 is 1.39 bits per heavy atom. The summed E-state index contributed by atoms with van der Waals surface area (Å²) < 4.78 is 0. The first-order valence-corrected chi connectivity index (χ1v) is 7.23. The maximum atomic E-state index is 11.7. The van der Waals surface area contributed by atoms with Crippen molar-refractivity contribution in [3.8, 4) is 0 Å². The molecular formula is C15H20BrNO. The van der Waals surface area contributed by atoms with Gasteiger partial charge in [0.05, 0.1) is 6.42 Å². The molecule has 2 nitrogen and oxygen atoms in total. The van der Waals surface area contributed by atoms with Crippen molar-refractivity contribution in [1.29, 1.82) is 0 Å². The zero-order chi connectivity index (χ0) is 13.5. The Bertz CT molecular complexity index is 476. The van der Waals surface area contributed by atoms with E-state index in [1.165, 1.54) is 5.56 Å². The van der Waals surface area contributed by atoms with E-state index in [1.807, 2.05) is 7.05 Å². The number of anilines is 1. The molecule has 0 spiro atoms. The van der Waals surface area contributed by atoms with E-state index in [9.17, 15) is 4.79 Å². The van der Waals surface area contributed by atoms with Crippen molar-refractivity contribution in [1.82, 2.24) is 0 Å². The molecule has 1 aromatic rings. The zero-order valence-corrected chi connectivity index (χ0v) is 13.0. The van der Waals surface area contributed by atoms with Crippen molar-refractivity contribution in [2.45, 2.75) is 38.4 Å². The van der Waals surface area contributed by atoms with Gasteiger partial charge in [-0.05, 0) is 29.0 Å². The third-order valence-electron chi connectivity index (χ3n) is 3.33. The van der Waals surface area contributed by atoms with Gasteiger partial charge in [-0.2, -0.15) is 0 Å². The van der Waals surface area contributed by atoms with E-state index in [-0.39, 0.29) is 5.91 Å². The van der Waals surface area contributed by atoms with E-state index in [4.69, 9.17) is 0 Å². The highest BCUT2D eigenvalue weighted by molar-refractivity contribution is 9.09. The number of carbonyl (C=O) groups is 1. The molecule has 0 saturated carbocycles. The minimum absolute atomic E-state index is 0.184. The summed E-state index contributed by atoms with van der Waals surface area (Å²) in [6.45, 7) is 6.73. The number of rotatable bonds is 2. The monoisotopic (exact) mass is 309 g/mol. The van der Waals surface area contributed by atoms with Crippen LogP contribution < -0.4 is 4.90 Å². The van der Waals surface area contributed by atoms with Crippen LogP contribution in [-0.4, -0.2) is 13.0 Å². The Labute approximate surface area is 117 Å². The predicted octanol–water partition coefficient (Wildman–Crippen LogP) is 4.08. The van der Waals surface area contributed by atoms with E-state index in [2.05, 4.69) is 54.9 Å². The summed E-state index contributed by atoms with van der Waals surface area (Å²) in [5.41, 5.74) is 3.77. The maximum Gasteiger partial charge on any atom is 0.231 e. The van der Waals surface area contributed by atoms with Crippen LogP contribution in [0.3, 0.4) is 0 Å².